The van der Waals surface area contributed by atoms with Crippen LogP contribution in [-0.2, 0) is 0 Å². The molecule has 3 N–H and O–H groups in total. The Kier molecular flexibility index (Phi) is 7.64. The third-order valence-corrected chi connectivity index (χ3v) is 5.28. The summed E-state index contributed by atoms with van der Waals surface area (Å²) in [6.07, 6.45) is 5.03. The van der Waals surface area contributed by atoms with E-state index in [0.717, 1.165) is 61.9 Å². The van der Waals surface area contributed by atoms with Crippen molar-refractivity contribution in [3.63, 3.8) is 0 Å². The highest BCUT2D eigenvalue weighted by Crippen LogP contribution is 2.28. The lowest BCUT2D eigenvalue weighted by atomic mass is 10.0. The maximum Gasteiger partial charge on any atom is 0.191 e. The van der Waals surface area contributed by atoms with Crippen molar-refractivity contribution in [1.29, 1.82) is 0 Å². The molecule has 140 valence electrons. The van der Waals surface area contributed by atoms with Gasteiger partial charge in [-0.2, -0.15) is 0 Å². The first-order chi connectivity index (χ1) is 11.6. The number of halogens is 2. The van der Waals surface area contributed by atoms with Gasteiger partial charge in [0.1, 0.15) is 0 Å². The fourth-order valence-electron chi connectivity index (χ4n) is 3.63. The van der Waals surface area contributed by atoms with Crippen molar-refractivity contribution in [3.8, 4) is 0 Å². The molecule has 1 saturated heterocycles. The van der Waals surface area contributed by atoms with Gasteiger partial charge < -0.3 is 20.6 Å². The zero-order valence-corrected chi connectivity index (χ0v) is 17.8. The predicted molar refractivity (Wildman–Crippen MR) is 115 cm³/mol. The molecule has 2 aliphatic rings. The molecular formula is C18H28ClIN4O. The van der Waals surface area contributed by atoms with Gasteiger partial charge in [0, 0.05) is 43.4 Å². The number of guanidine groups is 1. The topological polar surface area (TPSA) is 59.9 Å². The molecule has 5 nitrogen and oxygen atoms in total. The maximum atomic E-state index is 10.4. The minimum absolute atomic E-state index is 0. The van der Waals surface area contributed by atoms with Crippen LogP contribution in [0.1, 0.15) is 32.1 Å². The van der Waals surface area contributed by atoms with Crippen LogP contribution in [-0.4, -0.2) is 49.4 Å². The molecule has 0 radical (unpaired) electrons. The van der Waals surface area contributed by atoms with Gasteiger partial charge in [-0.15, -0.1) is 24.0 Å². The molecule has 1 aliphatic heterocycles. The summed E-state index contributed by atoms with van der Waals surface area (Å²) in [6.45, 7) is 2.49. The van der Waals surface area contributed by atoms with Crippen molar-refractivity contribution in [2.24, 2.45) is 4.99 Å². The van der Waals surface area contributed by atoms with Crippen molar-refractivity contribution in [1.82, 2.24) is 10.6 Å². The third-order valence-electron chi connectivity index (χ3n) is 5.05. The number of anilines is 1. The van der Waals surface area contributed by atoms with Crippen molar-refractivity contribution in [3.05, 3.63) is 29.3 Å². The van der Waals surface area contributed by atoms with Gasteiger partial charge in [0.2, 0.25) is 0 Å². The molecule has 1 unspecified atom stereocenters. The number of aliphatic imine (C=N–C) groups is 1. The average Bonchev–Trinajstić information content (AvgIpc) is 3.21. The zero-order valence-electron chi connectivity index (χ0n) is 14.7. The fourth-order valence-corrected chi connectivity index (χ4v) is 3.82. The lowest BCUT2D eigenvalue weighted by Crippen LogP contribution is -2.49. The van der Waals surface area contributed by atoms with E-state index >= 15 is 0 Å². The smallest absolute Gasteiger partial charge is 0.191 e. The monoisotopic (exact) mass is 478 g/mol. The molecule has 0 aromatic heterocycles. The van der Waals surface area contributed by atoms with Gasteiger partial charge in [-0.3, -0.25) is 4.99 Å². The van der Waals surface area contributed by atoms with Gasteiger partial charge in [0.15, 0.2) is 5.96 Å². The van der Waals surface area contributed by atoms with E-state index in [1.54, 1.807) is 7.05 Å². The van der Waals surface area contributed by atoms with E-state index in [4.69, 9.17) is 11.6 Å². The molecule has 0 spiro atoms. The number of benzene rings is 1. The average molecular weight is 479 g/mol. The highest BCUT2D eigenvalue weighted by molar-refractivity contribution is 14.0. The number of nitrogens with zero attached hydrogens (tertiary/aromatic N) is 2. The van der Waals surface area contributed by atoms with Crippen molar-refractivity contribution < 1.29 is 5.11 Å². The molecule has 25 heavy (non-hydrogen) atoms. The van der Waals surface area contributed by atoms with Gasteiger partial charge in [-0.1, -0.05) is 30.5 Å². The van der Waals surface area contributed by atoms with Gasteiger partial charge in [-0.05, 0) is 37.5 Å². The van der Waals surface area contributed by atoms with E-state index in [0.29, 0.717) is 12.6 Å². The first kappa shape index (κ1) is 20.6. The zero-order chi connectivity index (χ0) is 17.0. The Balaban J connectivity index is 0.00000225. The molecule has 0 amide bonds. The standard InChI is InChI=1S/C18H27ClN4O.HI/c1-20-17(21-13-18(24)8-2-3-9-18)22-15-7-10-23(12-15)16-6-4-5-14(19)11-16;/h4-6,11,15,24H,2-3,7-10,12-13H2,1H3,(H2,20,21,22);1H. The van der Waals surface area contributed by atoms with Crippen molar-refractivity contribution >= 4 is 47.2 Å². The van der Waals surface area contributed by atoms with E-state index in [-0.39, 0.29) is 24.0 Å². The Morgan fingerprint density at radius 2 is 2.16 bits per heavy atom. The molecule has 1 heterocycles. The van der Waals surface area contributed by atoms with Gasteiger partial charge in [0.05, 0.1) is 5.60 Å². The Labute approximate surface area is 172 Å². The molecular weight excluding hydrogens is 451 g/mol. The second-order valence-corrected chi connectivity index (χ2v) is 7.35. The summed E-state index contributed by atoms with van der Waals surface area (Å²) in [5.74, 6) is 0.772. The van der Waals surface area contributed by atoms with E-state index in [2.05, 4.69) is 26.6 Å². The van der Waals surface area contributed by atoms with E-state index < -0.39 is 5.60 Å². The predicted octanol–water partition coefficient (Wildman–Crippen LogP) is 3.01. The number of aliphatic hydroxyl groups is 1. The summed E-state index contributed by atoms with van der Waals surface area (Å²) in [7, 11) is 1.78. The Morgan fingerprint density at radius 1 is 1.40 bits per heavy atom. The van der Waals surface area contributed by atoms with Crippen LogP contribution in [0.25, 0.3) is 0 Å². The Bertz CT molecular complexity index is 592. The van der Waals surface area contributed by atoms with Crippen LogP contribution in [0.2, 0.25) is 5.02 Å². The molecule has 1 aromatic rings. The van der Waals surface area contributed by atoms with Crippen molar-refractivity contribution in [2.75, 3.05) is 31.6 Å². The van der Waals surface area contributed by atoms with Gasteiger partial charge >= 0.3 is 0 Å². The van der Waals surface area contributed by atoms with Gasteiger partial charge in [0.25, 0.3) is 0 Å². The minimum Gasteiger partial charge on any atom is -0.388 e. The van der Waals surface area contributed by atoms with Crippen molar-refractivity contribution in [2.45, 2.75) is 43.7 Å². The van der Waals surface area contributed by atoms with Gasteiger partial charge in [-0.25, -0.2) is 0 Å². The van der Waals surface area contributed by atoms with Crippen LogP contribution in [0.4, 0.5) is 5.69 Å². The molecule has 3 rings (SSSR count). The van der Waals surface area contributed by atoms with Crippen LogP contribution in [0.15, 0.2) is 29.3 Å². The number of hydrogen-bond donors (Lipinski definition) is 3. The lowest BCUT2D eigenvalue weighted by Gasteiger charge is -2.25. The Morgan fingerprint density at radius 3 is 2.84 bits per heavy atom. The molecule has 2 fully saturated rings. The summed E-state index contributed by atoms with van der Waals surface area (Å²) in [4.78, 5) is 6.63. The Hall–Kier alpha value is -0.730. The highest BCUT2D eigenvalue weighted by atomic mass is 127. The summed E-state index contributed by atoms with van der Waals surface area (Å²) in [5, 5.41) is 18.0. The molecule has 1 aliphatic carbocycles. The fraction of sp³-hybridized carbons (Fsp3) is 0.611. The second-order valence-electron chi connectivity index (χ2n) is 6.91. The molecule has 1 aromatic carbocycles. The summed E-state index contributed by atoms with van der Waals surface area (Å²) < 4.78 is 0. The molecule has 1 atom stereocenters. The van der Waals surface area contributed by atoms with E-state index in [9.17, 15) is 5.11 Å². The first-order valence-electron chi connectivity index (χ1n) is 8.78. The summed E-state index contributed by atoms with van der Waals surface area (Å²) in [6, 6.07) is 8.33. The van der Waals surface area contributed by atoms with Crippen LogP contribution >= 0.6 is 35.6 Å². The molecule has 1 saturated carbocycles. The SMILES string of the molecule is CN=C(NCC1(O)CCCC1)NC1CCN(c2cccc(Cl)c2)C1.I. The van der Waals surface area contributed by atoms with Crippen LogP contribution in [0, 0.1) is 0 Å². The number of hydrogen-bond acceptors (Lipinski definition) is 3. The quantitative estimate of drug-likeness (QED) is 0.354. The lowest BCUT2D eigenvalue weighted by molar-refractivity contribution is 0.0521. The molecule has 7 heteroatoms. The maximum absolute atomic E-state index is 10.4. The molecule has 0 bridgehead atoms. The largest absolute Gasteiger partial charge is 0.388 e. The third kappa shape index (κ3) is 5.62. The minimum atomic E-state index is -0.569. The number of rotatable bonds is 4. The highest BCUT2D eigenvalue weighted by Gasteiger charge is 2.31. The first-order valence-corrected chi connectivity index (χ1v) is 9.16. The van der Waals surface area contributed by atoms with E-state index in [1.807, 2.05) is 18.2 Å². The number of nitrogens with one attached hydrogen (secondary N) is 2. The summed E-state index contributed by atoms with van der Waals surface area (Å²) >= 11 is 6.09. The normalized spacial score (nSPS) is 22.6. The van der Waals surface area contributed by atoms with Crippen LogP contribution < -0.4 is 15.5 Å². The second kappa shape index (κ2) is 9.28. The summed E-state index contributed by atoms with van der Waals surface area (Å²) in [5.41, 5.74) is 0.593. The van der Waals surface area contributed by atoms with E-state index in [1.165, 1.54) is 0 Å². The van der Waals surface area contributed by atoms with Crippen LogP contribution in [0.3, 0.4) is 0 Å². The van der Waals surface area contributed by atoms with Crippen LogP contribution in [0.5, 0.6) is 0 Å².